The first-order chi connectivity index (χ1) is 11.6. The molecular formula is C16H15Cl2NO5S. The Bertz CT molecular complexity index is 915. The van der Waals surface area contributed by atoms with Crippen LogP contribution in [0.15, 0.2) is 41.3 Å². The molecule has 9 heteroatoms. The van der Waals surface area contributed by atoms with Crippen molar-refractivity contribution in [2.75, 3.05) is 0 Å². The van der Waals surface area contributed by atoms with Gasteiger partial charge in [-0.15, -0.1) is 0 Å². The number of aliphatic carboxylic acids is 1. The molecule has 0 fully saturated rings. The standard InChI is InChI=1S/C16H15Cl2NO5S/c1-9-6-11(20)3-2-10(9)7-15(16(21)22)19-25(23,24)12-4-5-13(17)14(18)8-12/h2-6,8,15,19-20H,7H2,1H3,(H,21,22)/t15-/m0/s1. The lowest BCUT2D eigenvalue weighted by Crippen LogP contribution is -2.42. The zero-order chi connectivity index (χ0) is 18.8. The number of halogens is 2. The molecule has 2 rings (SSSR count). The summed E-state index contributed by atoms with van der Waals surface area (Å²) in [5.74, 6) is -1.28. The highest BCUT2D eigenvalue weighted by molar-refractivity contribution is 7.89. The Balaban J connectivity index is 2.28. The molecule has 0 amide bonds. The number of phenolic OH excluding ortho intramolecular Hbond substituents is 1. The fourth-order valence-corrected chi connectivity index (χ4v) is 3.79. The molecule has 25 heavy (non-hydrogen) atoms. The normalized spacial score (nSPS) is 12.8. The van der Waals surface area contributed by atoms with Gasteiger partial charge in [-0.05, 0) is 54.8 Å². The average Bonchev–Trinajstić information content (AvgIpc) is 2.51. The van der Waals surface area contributed by atoms with Gasteiger partial charge in [0, 0.05) is 0 Å². The number of phenols is 1. The van der Waals surface area contributed by atoms with Gasteiger partial charge in [0.25, 0.3) is 0 Å². The van der Waals surface area contributed by atoms with Crippen molar-refractivity contribution in [1.29, 1.82) is 0 Å². The van der Waals surface area contributed by atoms with Gasteiger partial charge in [0.15, 0.2) is 0 Å². The minimum absolute atomic E-state index is 0.0458. The Labute approximate surface area is 155 Å². The molecule has 0 aromatic heterocycles. The second kappa shape index (κ2) is 7.61. The van der Waals surface area contributed by atoms with Crippen LogP contribution in [-0.4, -0.2) is 30.6 Å². The summed E-state index contributed by atoms with van der Waals surface area (Å²) < 4.78 is 27.0. The molecular weight excluding hydrogens is 389 g/mol. The van der Waals surface area contributed by atoms with E-state index in [1.807, 2.05) is 0 Å². The van der Waals surface area contributed by atoms with Gasteiger partial charge in [-0.2, -0.15) is 4.72 Å². The summed E-state index contributed by atoms with van der Waals surface area (Å²) in [6.07, 6.45) is -0.0814. The van der Waals surface area contributed by atoms with Crippen molar-refractivity contribution in [3.63, 3.8) is 0 Å². The van der Waals surface area contributed by atoms with Crippen LogP contribution in [0.25, 0.3) is 0 Å². The molecule has 2 aromatic carbocycles. The number of hydrogen-bond donors (Lipinski definition) is 3. The number of aryl methyl sites for hydroxylation is 1. The topological polar surface area (TPSA) is 104 Å². The second-order valence-corrected chi connectivity index (χ2v) is 7.93. The van der Waals surface area contributed by atoms with Crippen LogP contribution in [0.2, 0.25) is 10.0 Å². The van der Waals surface area contributed by atoms with Crippen molar-refractivity contribution >= 4 is 39.2 Å². The van der Waals surface area contributed by atoms with E-state index in [0.29, 0.717) is 11.1 Å². The van der Waals surface area contributed by atoms with E-state index in [0.717, 1.165) is 6.07 Å². The zero-order valence-corrected chi connectivity index (χ0v) is 15.4. The van der Waals surface area contributed by atoms with Crippen molar-refractivity contribution in [1.82, 2.24) is 4.72 Å². The largest absolute Gasteiger partial charge is 0.508 e. The van der Waals surface area contributed by atoms with Crippen molar-refractivity contribution < 1.29 is 23.4 Å². The Morgan fingerprint density at radius 2 is 1.84 bits per heavy atom. The molecule has 0 spiro atoms. The quantitative estimate of drug-likeness (QED) is 0.687. The van der Waals surface area contributed by atoms with Gasteiger partial charge >= 0.3 is 5.97 Å². The Morgan fingerprint density at radius 3 is 2.40 bits per heavy atom. The molecule has 3 N–H and O–H groups in total. The minimum Gasteiger partial charge on any atom is -0.508 e. The molecule has 0 aliphatic carbocycles. The fourth-order valence-electron chi connectivity index (χ4n) is 2.21. The Morgan fingerprint density at radius 1 is 1.16 bits per heavy atom. The maximum absolute atomic E-state index is 12.4. The number of carbonyl (C=O) groups is 1. The van der Waals surface area contributed by atoms with Crippen LogP contribution in [0.5, 0.6) is 5.75 Å². The number of sulfonamides is 1. The van der Waals surface area contributed by atoms with E-state index in [1.165, 1.54) is 24.3 Å². The van der Waals surface area contributed by atoms with Crippen LogP contribution in [0.4, 0.5) is 0 Å². The number of aromatic hydroxyl groups is 1. The van der Waals surface area contributed by atoms with Gasteiger partial charge in [0.2, 0.25) is 10.0 Å². The van der Waals surface area contributed by atoms with E-state index < -0.39 is 22.0 Å². The van der Waals surface area contributed by atoms with Gasteiger partial charge in [0.1, 0.15) is 11.8 Å². The highest BCUT2D eigenvalue weighted by Crippen LogP contribution is 2.25. The summed E-state index contributed by atoms with van der Waals surface area (Å²) in [5.41, 5.74) is 1.25. The average molecular weight is 404 g/mol. The molecule has 0 unspecified atom stereocenters. The molecule has 0 saturated heterocycles. The summed E-state index contributed by atoms with van der Waals surface area (Å²) in [7, 11) is -4.11. The number of hydrogen-bond acceptors (Lipinski definition) is 4. The van der Waals surface area contributed by atoms with E-state index in [2.05, 4.69) is 4.72 Å². The van der Waals surface area contributed by atoms with Crippen molar-refractivity contribution in [3.8, 4) is 5.75 Å². The number of nitrogens with one attached hydrogen (secondary N) is 1. The molecule has 0 radical (unpaired) electrons. The molecule has 0 saturated carbocycles. The third kappa shape index (κ3) is 4.85. The van der Waals surface area contributed by atoms with Crippen molar-refractivity contribution in [2.24, 2.45) is 0 Å². The summed E-state index contributed by atoms with van der Waals surface area (Å²) in [6, 6.07) is 6.75. The maximum Gasteiger partial charge on any atom is 0.322 e. The summed E-state index contributed by atoms with van der Waals surface area (Å²) in [6.45, 7) is 1.70. The minimum atomic E-state index is -4.11. The van der Waals surface area contributed by atoms with E-state index in [4.69, 9.17) is 23.2 Å². The monoisotopic (exact) mass is 403 g/mol. The molecule has 6 nitrogen and oxygen atoms in total. The summed E-state index contributed by atoms with van der Waals surface area (Å²) in [4.78, 5) is 11.3. The number of carboxylic acids is 1. The number of benzene rings is 2. The lowest BCUT2D eigenvalue weighted by Gasteiger charge is -2.16. The molecule has 0 aliphatic heterocycles. The summed E-state index contributed by atoms with van der Waals surface area (Å²) in [5, 5.41) is 19.0. The molecule has 0 aliphatic rings. The first kappa shape index (κ1) is 19.5. The number of rotatable bonds is 6. The van der Waals surface area contributed by atoms with Gasteiger partial charge in [-0.25, -0.2) is 8.42 Å². The van der Waals surface area contributed by atoms with E-state index in [9.17, 15) is 23.4 Å². The van der Waals surface area contributed by atoms with Gasteiger partial charge in [-0.3, -0.25) is 4.79 Å². The fraction of sp³-hybridized carbons (Fsp3) is 0.188. The molecule has 0 bridgehead atoms. The van der Waals surface area contributed by atoms with Crippen molar-refractivity contribution in [3.05, 3.63) is 57.6 Å². The van der Waals surface area contributed by atoms with Crippen LogP contribution in [0, 0.1) is 6.92 Å². The SMILES string of the molecule is Cc1cc(O)ccc1C[C@H](NS(=O)(=O)c1ccc(Cl)c(Cl)c1)C(=O)O. The van der Waals surface area contributed by atoms with E-state index >= 15 is 0 Å². The maximum atomic E-state index is 12.4. The lowest BCUT2D eigenvalue weighted by atomic mass is 10.0. The number of carboxylic acid groups (broad SMARTS) is 1. The third-order valence-corrected chi connectivity index (χ3v) is 5.76. The highest BCUT2D eigenvalue weighted by Gasteiger charge is 2.26. The van der Waals surface area contributed by atoms with Gasteiger partial charge < -0.3 is 10.2 Å². The Kier molecular flexibility index (Phi) is 5.95. The lowest BCUT2D eigenvalue weighted by molar-refractivity contribution is -0.138. The van der Waals surface area contributed by atoms with Crippen LogP contribution < -0.4 is 4.72 Å². The Hall–Kier alpha value is -1.80. The molecule has 134 valence electrons. The van der Waals surface area contributed by atoms with Crippen LogP contribution in [-0.2, 0) is 21.2 Å². The van der Waals surface area contributed by atoms with Crippen LogP contribution >= 0.6 is 23.2 Å². The van der Waals surface area contributed by atoms with Crippen molar-refractivity contribution in [2.45, 2.75) is 24.3 Å². The molecule has 1 atom stereocenters. The zero-order valence-electron chi connectivity index (χ0n) is 13.0. The smallest absolute Gasteiger partial charge is 0.322 e. The predicted molar refractivity (Wildman–Crippen MR) is 94.8 cm³/mol. The summed E-state index contributed by atoms with van der Waals surface area (Å²) >= 11 is 11.6. The first-order valence-corrected chi connectivity index (χ1v) is 9.33. The van der Waals surface area contributed by atoms with Gasteiger partial charge in [0.05, 0.1) is 14.9 Å². The molecule has 2 aromatic rings. The van der Waals surface area contributed by atoms with Gasteiger partial charge in [-0.1, -0.05) is 29.3 Å². The second-order valence-electron chi connectivity index (χ2n) is 5.40. The van der Waals surface area contributed by atoms with Crippen LogP contribution in [0.1, 0.15) is 11.1 Å². The third-order valence-electron chi connectivity index (χ3n) is 3.55. The molecule has 0 heterocycles. The predicted octanol–water partition coefficient (Wildman–Crippen LogP) is 2.98. The van der Waals surface area contributed by atoms with Crippen LogP contribution in [0.3, 0.4) is 0 Å². The highest BCUT2D eigenvalue weighted by atomic mass is 35.5. The van der Waals surface area contributed by atoms with E-state index in [1.54, 1.807) is 13.0 Å². The first-order valence-electron chi connectivity index (χ1n) is 7.09. The van der Waals surface area contributed by atoms with E-state index in [-0.39, 0.29) is 27.1 Å².